The van der Waals surface area contributed by atoms with E-state index in [-0.39, 0.29) is 12.5 Å². The minimum Gasteiger partial charge on any atom is -0.332 e. The van der Waals surface area contributed by atoms with E-state index in [1.165, 1.54) is 17.3 Å². The van der Waals surface area contributed by atoms with Gasteiger partial charge in [-0.3, -0.25) is 4.79 Å². The quantitative estimate of drug-likeness (QED) is 0.695. The van der Waals surface area contributed by atoms with Crippen LogP contribution in [0.5, 0.6) is 0 Å². The van der Waals surface area contributed by atoms with E-state index in [1.54, 1.807) is 4.90 Å². The normalized spacial score (nSPS) is 14.6. The number of amides is 1. The van der Waals surface area contributed by atoms with Crippen molar-refractivity contribution < 1.29 is 4.79 Å². The summed E-state index contributed by atoms with van der Waals surface area (Å²) in [6, 6.07) is 0. The summed E-state index contributed by atoms with van der Waals surface area (Å²) in [4.78, 5) is 21.9. The third-order valence-electron chi connectivity index (χ3n) is 2.88. The highest BCUT2D eigenvalue weighted by molar-refractivity contribution is 5.75. The van der Waals surface area contributed by atoms with E-state index in [4.69, 9.17) is 0 Å². The maximum Gasteiger partial charge on any atom is 0.244 e. The van der Waals surface area contributed by atoms with Crippen LogP contribution < -0.4 is 0 Å². The topological polar surface area (TPSA) is 81.7 Å². The van der Waals surface area contributed by atoms with Crippen molar-refractivity contribution in [1.29, 1.82) is 0 Å². The zero-order valence-corrected chi connectivity index (χ0v) is 10.0. The van der Waals surface area contributed by atoms with Gasteiger partial charge in [-0.05, 0) is 6.92 Å². The smallest absolute Gasteiger partial charge is 0.244 e. The molecule has 0 aromatic carbocycles. The van der Waals surface area contributed by atoms with E-state index in [9.17, 15) is 4.79 Å². The molecule has 1 amide bonds. The Kier molecular flexibility index (Phi) is 2.54. The lowest BCUT2D eigenvalue weighted by atomic mass is 10.3. The minimum atomic E-state index is 0.0207. The average Bonchev–Trinajstić information content (AvgIpc) is 2.95. The number of carbonyl (C=O) groups is 1. The van der Waals surface area contributed by atoms with Crippen LogP contribution in [0.2, 0.25) is 0 Å². The lowest BCUT2D eigenvalue weighted by Crippen LogP contribution is -2.40. The van der Waals surface area contributed by atoms with Gasteiger partial charge in [0.05, 0.1) is 13.1 Å². The highest BCUT2D eigenvalue weighted by atomic mass is 16.2. The van der Waals surface area contributed by atoms with Crippen LogP contribution in [0.1, 0.15) is 11.6 Å². The molecule has 2 aromatic heterocycles. The first-order valence-corrected chi connectivity index (χ1v) is 5.73. The Balaban J connectivity index is 1.70. The number of hydrogen-bond donors (Lipinski definition) is 0. The number of nitrogens with zero attached hydrogens (tertiary/aromatic N) is 7. The van der Waals surface area contributed by atoms with Gasteiger partial charge in [0.2, 0.25) is 5.91 Å². The van der Waals surface area contributed by atoms with E-state index < -0.39 is 0 Å². The Hall–Kier alpha value is -2.25. The summed E-state index contributed by atoms with van der Waals surface area (Å²) in [6.45, 7) is 3.93. The molecule has 0 aliphatic carbocycles. The van der Waals surface area contributed by atoms with Crippen LogP contribution in [0.4, 0.5) is 0 Å². The zero-order chi connectivity index (χ0) is 12.5. The summed E-state index contributed by atoms with van der Waals surface area (Å²) in [5.41, 5.74) is 0. The summed E-state index contributed by atoms with van der Waals surface area (Å²) in [5.74, 6) is 1.61. The van der Waals surface area contributed by atoms with Crippen LogP contribution >= 0.6 is 0 Å². The molecule has 0 N–H and O–H groups in total. The molecule has 18 heavy (non-hydrogen) atoms. The van der Waals surface area contributed by atoms with Gasteiger partial charge in [-0.15, -0.1) is 0 Å². The Morgan fingerprint density at radius 3 is 3.11 bits per heavy atom. The van der Waals surface area contributed by atoms with Gasteiger partial charge in [-0.25, -0.2) is 19.3 Å². The van der Waals surface area contributed by atoms with Crippen LogP contribution in [0.25, 0.3) is 0 Å². The van der Waals surface area contributed by atoms with E-state index in [0.717, 1.165) is 11.6 Å². The second-order valence-corrected chi connectivity index (χ2v) is 4.21. The summed E-state index contributed by atoms with van der Waals surface area (Å²) in [6.07, 6.45) is 2.96. The molecule has 94 valence electrons. The number of aromatic nitrogens is 6. The van der Waals surface area contributed by atoms with Crippen molar-refractivity contribution in [2.75, 3.05) is 6.54 Å². The molecular weight excluding hydrogens is 234 g/mol. The Morgan fingerprint density at radius 1 is 1.44 bits per heavy atom. The number of rotatable bonds is 2. The highest BCUT2D eigenvalue weighted by Gasteiger charge is 2.22. The fraction of sp³-hybridized carbons (Fsp3) is 0.500. The molecule has 1 aliphatic rings. The van der Waals surface area contributed by atoms with Gasteiger partial charge in [-0.1, -0.05) is 0 Å². The van der Waals surface area contributed by atoms with Crippen LogP contribution in [-0.4, -0.2) is 46.9 Å². The zero-order valence-electron chi connectivity index (χ0n) is 10.0. The van der Waals surface area contributed by atoms with Crippen LogP contribution in [0.3, 0.4) is 0 Å². The maximum atomic E-state index is 12.1. The fourth-order valence-electron chi connectivity index (χ4n) is 2.03. The van der Waals surface area contributed by atoms with Crippen molar-refractivity contribution >= 4 is 5.91 Å². The first kappa shape index (κ1) is 10.9. The molecular formula is C10H13N7O. The monoisotopic (exact) mass is 247 g/mol. The van der Waals surface area contributed by atoms with Gasteiger partial charge in [0, 0.05) is 6.54 Å². The minimum absolute atomic E-state index is 0.0207. The Labute approximate surface area is 103 Å². The Bertz CT molecular complexity index is 559. The van der Waals surface area contributed by atoms with Crippen molar-refractivity contribution in [3.8, 4) is 0 Å². The lowest BCUT2D eigenvalue weighted by molar-refractivity contribution is -0.133. The van der Waals surface area contributed by atoms with E-state index in [1.807, 2.05) is 11.6 Å². The van der Waals surface area contributed by atoms with Crippen molar-refractivity contribution in [2.24, 2.45) is 0 Å². The predicted molar refractivity (Wildman–Crippen MR) is 60.2 cm³/mol. The summed E-state index contributed by atoms with van der Waals surface area (Å²) >= 11 is 0. The molecule has 0 spiro atoms. The summed E-state index contributed by atoms with van der Waals surface area (Å²) in [5, 5.41) is 8.19. The third-order valence-corrected chi connectivity index (χ3v) is 2.88. The molecule has 2 aromatic rings. The molecule has 0 bridgehead atoms. The molecule has 0 atom stereocenters. The molecule has 0 unspecified atom stereocenters. The molecule has 8 nitrogen and oxygen atoms in total. The van der Waals surface area contributed by atoms with E-state index in [0.29, 0.717) is 19.6 Å². The Morgan fingerprint density at radius 2 is 2.33 bits per heavy atom. The van der Waals surface area contributed by atoms with E-state index >= 15 is 0 Å². The third kappa shape index (κ3) is 1.96. The molecule has 0 saturated heterocycles. The average molecular weight is 247 g/mol. The number of aryl methyl sites for hydroxylation is 1. The highest BCUT2D eigenvalue weighted by Crippen LogP contribution is 2.10. The summed E-state index contributed by atoms with van der Waals surface area (Å²) in [7, 11) is 0. The van der Waals surface area contributed by atoms with Gasteiger partial charge in [0.25, 0.3) is 0 Å². The second-order valence-electron chi connectivity index (χ2n) is 4.21. The number of fused-ring (bicyclic) bond motifs is 1. The van der Waals surface area contributed by atoms with Crippen molar-refractivity contribution in [3.05, 3.63) is 24.3 Å². The van der Waals surface area contributed by atoms with Gasteiger partial charge >= 0.3 is 0 Å². The van der Waals surface area contributed by atoms with Gasteiger partial charge < -0.3 is 4.90 Å². The lowest BCUT2D eigenvalue weighted by Gasteiger charge is -2.26. The number of carbonyl (C=O) groups excluding carboxylic acids is 1. The SMILES string of the molecule is Cc1nc2n(n1)CCN(C(=O)Cn1cncn1)C2. The molecule has 0 saturated carbocycles. The first-order valence-electron chi connectivity index (χ1n) is 5.73. The summed E-state index contributed by atoms with van der Waals surface area (Å²) < 4.78 is 3.38. The van der Waals surface area contributed by atoms with Crippen LogP contribution in [0.15, 0.2) is 12.7 Å². The van der Waals surface area contributed by atoms with Crippen molar-refractivity contribution in [1.82, 2.24) is 34.4 Å². The predicted octanol–water partition coefficient (Wildman–Crippen LogP) is -0.780. The number of hydrogen-bond acceptors (Lipinski definition) is 5. The van der Waals surface area contributed by atoms with E-state index in [2.05, 4.69) is 20.2 Å². The molecule has 3 heterocycles. The van der Waals surface area contributed by atoms with Gasteiger partial charge in [0.15, 0.2) is 0 Å². The molecule has 1 aliphatic heterocycles. The maximum absolute atomic E-state index is 12.1. The molecule has 3 rings (SSSR count). The molecule has 0 radical (unpaired) electrons. The van der Waals surface area contributed by atoms with Gasteiger partial charge in [0.1, 0.15) is 30.8 Å². The van der Waals surface area contributed by atoms with Crippen LogP contribution in [0, 0.1) is 6.92 Å². The fourth-order valence-corrected chi connectivity index (χ4v) is 2.03. The molecule has 8 heteroatoms. The van der Waals surface area contributed by atoms with Crippen molar-refractivity contribution in [3.63, 3.8) is 0 Å². The van der Waals surface area contributed by atoms with Crippen molar-refractivity contribution in [2.45, 2.75) is 26.6 Å². The largest absolute Gasteiger partial charge is 0.332 e. The van der Waals surface area contributed by atoms with Crippen LogP contribution in [-0.2, 0) is 24.4 Å². The first-order chi connectivity index (χ1) is 8.72. The van der Waals surface area contributed by atoms with Gasteiger partial charge in [-0.2, -0.15) is 10.2 Å². The second kappa shape index (κ2) is 4.21. The standard InChI is InChI=1S/C10H13N7O/c1-8-13-9-4-15(2-3-17(9)14-8)10(18)5-16-7-11-6-12-16/h6-7H,2-5H2,1H3. The molecule has 0 fully saturated rings.